The lowest BCUT2D eigenvalue weighted by Gasteiger charge is -1.88. The van der Waals surface area contributed by atoms with Crippen LogP contribution in [0.15, 0.2) is 18.3 Å². The molecule has 0 amide bonds. The number of H-pyrrole nitrogens is 1. The van der Waals surface area contributed by atoms with Crippen molar-refractivity contribution in [1.82, 2.24) is 10.2 Å². The van der Waals surface area contributed by atoms with E-state index in [1.54, 1.807) is 0 Å². The van der Waals surface area contributed by atoms with Crippen molar-refractivity contribution in [2.24, 2.45) is 7.05 Å². The summed E-state index contributed by atoms with van der Waals surface area (Å²) in [7, 11) is 2.00. The molecule has 0 unspecified atom stereocenters. The Morgan fingerprint density at radius 3 is 3.09 bits per heavy atom. The van der Waals surface area contributed by atoms with E-state index in [9.17, 15) is 0 Å². The summed E-state index contributed by atoms with van der Waals surface area (Å²) in [6, 6.07) is 4.08. The summed E-state index contributed by atoms with van der Waals surface area (Å²) in [5, 5.41) is 8.27. The number of hydrogen-bond donors (Lipinski definition) is 1. The summed E-state index contributed by atoms with van der Waals surface area (Å²) in [5.41, 5.74) is 2.13. The number of hydrogen-bond acceptors (Lipinski definition) is 1. The molecule has 2 heterocycles. The van der Waals surface area contributed by atoms with Gasteiger partial charge in [0.05, 0.1) is 24.3 Å². The predicted octanol–water partition coefficient (Wildman–Crippen LogP) is 0.696. The van der Waals surface area contributed by atoms with E-state index >= 15 is 0 Å². The highest BCUT2D eigenvalue weighted by Crippen LogP contribution is 2.08. The highest BCUT2D eigenvalue weighted by atomic mass is 15.2. The zero-order chi connectivity index (χ0) is 7.84. The molecule has 0 bridgehead atoms. The third kappa shape index (κ3) is 0.808. The number of pyridine rings is 1. The standard InChI is InChI=1S/C8H9N3/c1-6-7-4-3-5-11(2)8(7)10-9-6/h3-5H,1-2H3/p+1. The lowest BCUT2D eigenvalue weighted by molar-refractivity contribution is -0.646. The number of nitrogens with zero attached hydrogens (tertiary/aromatic N) is 2. The zero-order valence-electron chi connectivity index (χ0n) is 6.63. The summed E-state index contributed by atoms with van der Waals surface area (Å²) >= 11 is 0. The first-order valence-corrected chi connectivity index (χ1v) is 3.58. The van der Waals surface area contributed by atoms with Gasteiger partial charge in [0.1, 0.15) is 0 Å². The van der Waals surface area contributed by atoms with Gasteiger partial charge in [-0.05, 0) is 19.1 Å². The zero-order valence-corrected chi connectivity index (χ0v) is 6.63. The Balaban J connectivity index is 2.94. The molecule has 0 saturated heterocycles. The van der Waals surface area contributed by atoms with Crippen molar-refractivity contribution in [2.45, 2.75) is 6.92 Å². The Labute approximate surface area is 64.7 Å². The van der Waals surface area contributed by atoms with Crippen LogP contribution in [-0.4, -0.2) is 10.2 Å². The topological polar surface area (TPSA) is 32.6 Å². The lowest BCUT2D eigenvalue weighted by Crippen LogP contribution is -2.28. The van der Waals surface area contributed by atoms with Crippen LogP contribution >= 0.6 is 0 Å². The van der Waals surface area contributed by atoms with Crippen LogP contribution in [-0.2, 0) is 7.05 Å². The SMILES string of the molecule is Cc1n[nH]c2c1ccc[n+]2C. The molecule has 3 nitrogen and oxygen atoms in total. The van der Waals surface area contributed by atoms with E-state index in [1.807, 2.05) is 30.8 Å². The van der Waals surface area contributed by atoms with Gasteiger partial charge in [-0.3, -0.25) is 0 Å². The molecule has 1 N–H and O–H groups in total. The van der Waals surface area contributed by atoms with E-state index in [-0.39, 0.29) is 0 Å². The van der Waals surface area contributed by atoms with E-state index < -0.39 is 0 Å². The fraction of sp³-hybridized carbons (Fsp3) is 0.250. The molecule has 2 aromatic heterocycles. The molecular formula is C8H10N3+. The molecule has 0 aliphatic carbocycles. The second kappa shape index (κ2) is 2.05. The van der Waals surface area contributed by atoms with Gasteiger partial charge in [0.2, 0.25) is 0 Å². The van der Waals surface area contributed by atoms with Gasteiger partial charge in [-0.15, -0.1) is 5.10 Å². The summed E-state index contributed by atoms with van der Waals surface area (Å²) in [4.78, 5) is 0. The molecule has 0 aliphatic heterocycles. The quantitative estimate of drug-likeness (QED) is 0.548. The molecule has 56 valence electrons. The normalized spacial score (nSPS) is 10.7. The Kier molecular flexibility index (Phi) is 1.18. The van der Waals surface area contributed by atoms with Crippen LogP contribution in [0.5, 0.6) is 0 Å². The Hall–Kier alpha value is -1.38. The van der Waals surface area contributed by atoms with Gasteiger partial charge >= 0.3 is 5.65 Å². The van der Waals surface area contributed by atoms with Crippen LogP contribution in [0.3, 0.4) is 0 Å². The van der Waals surface area contributed by atoms with Crippen molar-refractivity contribution in [2.75, 3.05) is 0 Å². The van der Waals surface area contributed by atoms with Crippen molar-refractivity contribution in [3.63, 3.8) is 0 Å². The van der Waals surface area contributed by atoms with Crippen LogP contribution in [0.1, 0.15) is 5.69 Å². The molecule has 0 radical (unpaired) electrons. The summed E-state index contributed by atoms with van der Waals surface area (Å²) in [6.07, 6.45) is 2.00. The first-order chi connectivity index (χ1) is 5.29. The molecule has 3 heteroatoms. The molecule has 0 saturated carbocycles. The summed E-state index contributed by atoms with van der Waals surface area (Å²) in [6.45, 7) is 2.00. The molecule has 2 aromatic rings. The number of aromatic nitrogens is 3. The van der Waals surface area contributed by atoms with Crippen LogP contribution < -0.4 is 4.57 Å². The summed E-state index contributed by atoms with van der Waals surface area (Å²) in [5.74, 6) is 0. The van der Waals surface area contributed by atoms with Crippen molar-refractivity contribution < 1.29 is 4.57 Å². The highest BCUT2D eigenvalue weighted by Gasteiger charge is 2.07. The lowest BCUT2D eigenvalue weighted by atomic mass is 10.3. The number of rotatable bonds is 0. The fourth-order valence-corrected chi connectivity index (χ4v) is 1.24. The first kappa shape index (κ1) is 6.34. The van der Waals surface area contributed by atoms with Crippen molar-refractivity contribution in [3.8, 4) is 0 Å². The van der Waals surface area contributed by atoms with Gasteiger partial charge in [0.25, 0.3) is 0 Å². The van der Waals surface area contributed by atoms with Gasteiger partial charge in [0.15, 0.2) is 0 Å². The van der Waals surface area contributed by atoms with Crippen LogP contribution in [0.2, 0.25) is 0 Å². The number of nitrogens with one attached hydrogen (secondary N) is 1. The Bertz CT molecular complexity index is 389. The van der Waals surface area contributed by atoms with E-state index in [4.69, 9.17) is 0 Å². The van der Waals surface area contributed by atoms with Crippen LogP contribution in [0, 0.1) is 6.92 Å². The minimum atomic E-state index is 1.05. The van der Waals surface area contributed by atoms with Gasteiger partial charge in [-0.2, -0.15) is 0 Å². The maximum atomic E-state index is 4.11. The van der Waals surface area contributed by atoms with Crippen LogP contribution in [0.25, 0.3) is 11.0 Å². The molecule has 0 aromatic carbocycles. The number of aromatic amines is 1. The average Bonchev–Trinajstić information content (AvgIpc) is 2.35. The van der Waals surface area contributed by atoms with E-state index in [1.165, 1.54) is 5.39 Å². The van der Waals surface area contributed by atoms with Crippen molar-refractivity contribution in [3.05, 3.63) is 24.0 Å². The second-order valence-electron chi connectivity index (χ2n) is 2.69. The average molecular weight is 148 g/mol. The molecule has 0 aliphatic rings. The maximum absolute atomic E-state index is 4.11. The van der Waals surface area contributed by atoms with Crippen molar-refractivity contribution in [1.29, 1.82) is 0 Å². The largest absolute Gasteiger partial charge is 0.308 e. The van der Waals surface area contributed by atoms with Crippen molar-refractivity contribution >= 4 is 11.0 Å². The Morgan fingerprint density at radius 2 is 2.36 bits per heavy atom. The molecule has 11 heavy (non-hydrogen) atoms. The maximum Gasteiger partial charge on any atom is 0.308 e. The fourth-order valence-electron chi connectivity index (χ4n) is 1.24. The van der Waals surface area contributed by atoms with Gasteiger partial charge in [-0.1, -0.05) is 5.10 Å². The third-order valence-corrected chi connectivity index (χ3v) is 1.90. The Morgan fingerprint density at radius 1 is 1.55 bits per heavy atom. The van der Waals surface area contributed by atoms with Crippen LogP contribution in [0.4, 0.5) is 0 Å². The molecule has 2 rings (SSSR count). The smallest absolute Gasteiger partial charge is 0.235 e. The number of fused-ring (bicyclic) bond motifs is 1. The molecule has 0 fully saturated rings. The monoisotopic (exact) mass is 148 g/mol. The van der Waals surface area contributed by atoms with Gasteiger partial charge in [-0.25, -0.2) is 4.57 Å². The van der Waals surface area contributed by atoms with E-state index in [2.05, 4.69) is 16.3 Å². The van der Waals surface area contributed by atoms with Gasteiger partial charge in [0, 0.05) is 0 Å². The second-order valence-corrected chi connectivity index (χ2v) is 2.69. The third-order valence-electron chi connectivity index (χ3n) is 1.90. The van der Waals surface area contributed by atoms with E-state index in [0.29, 0.717) is 0 Å². The molecule has 0 atom stereocenters. The summed E-state index contributed by atoms with van der Waals surface area (Å²) < 4.78 is 2.02. The highest BCUT2D eigenvalue weighted by molar-refractivity contribution is 5.74. The van der Waals surface area contributed by atoms with E-state index in [0.717, 1.165) is 11.3 Å². The minimum Gasteiger partial charge on any atom is -0.235 e. The first-order valence-electron chi connectivity index (χ1n) is 3.58. The molecular weight excluding hydrogens is 138 g/mol. The minimum absolute atomic E-state index is 1.05. The van der Waals surface area contributed by atoms with Gasteiger partial charge < -0.3 is 0 Å². The predicted molar refractivity (Wildman–Crippen MR) is 42.0 cm³/mol. The molecule has 0 spiro atoms. The number of aryl methyl sites for hydroxylation is 2.